The minimum atomic E-state index is -3.28. The third kappa shape index (κ3) is 3.65. The zero-order chi connectivity index (χ0) is 13.9. The molecule has 1 aromatic rings. The van der Waals surface area contributed by atoms with Gasteiger partial charge in [-0.1, -0.05) is 35.9 Å². The summed E-state index contributed by atoms with van der Waals surface area (Å²) in [4.78, 5) is 0. The van der Waals surface area contributed by atoms with E-state index in [1.807, 2.05) is 6.92 Å². The largest absolute Gasteiger partial charge is 0.392 e. The van der Waals surface area contributed by atoms with Crippen LogP contribution in [-0.2, 0) is 22.4 Å². The Labute approximate surface area is 114 Å². The number of aliphatic hydroxyl groups is 1. The van der Waals surface area contributed by atoms with E-state index in [-0.39, 0.29) is 12.4 Å². The molecule has 1 N–H and O–H groups in total. The normalized spacial score (nSPS) is 17.3. The molecule has 0 spiro atoms. The second kappa shape index (κ2) is 5.86. The average molecular weight is 281 g/mol. The van der Waals surface area contributed by atoms with Gasteiger partial charge in [-0.15, -0.1) is 0 Å². The molecule has 4 nitrogen and oxygen atoms in total. The van der Waals surface area contributed by atoms with Gasteiger partial charge in [0.1, 0.15) is 0 Å². The van der Waals surface area contributed by atoms with Crippen LogP contribution in [-0.4, -0.2) is 30.9 Å². The van der Waals surface area contributed by atoms with Crippen molar-refractivity contribution in [2.75, 3.05) is 13.1 Å². The Morgan fingerprint density at radius 2 is 2.05 bits per heavy atom. The molecule has 0 saturated carbocycles. The van der Waals surface area contributed by atoms with Gasteiger partial charge >= 0.3 is 0 Å². The SMILES string of the molecule is CC1=CCCN(S(=O)(=O)Cc2cccc(CO)c2)C1. The van der Waals surface area contributed by atoms with Crippen LogP contribution >= 0.6 is 0 Å². The highest BCUT2D eigenvalue weighted by Crippen LogP contribution is 2.17. The lowest BCUT2D eigenvalue weighted by molar-refractivity contribution is 0.281. The predicted molar refractivity (Wildman–Crippen MR) is 74.9 cm³/mol. The molecular weight excluding hydrogens is 262 g/mol. The number of sulfonamides is 1. The van der Waals surface area contributed by atoms with Crippen LogP contribution in [0.15, 0.2) is 35.9 Å². The Bertz CT molecular complexity index is 578. The first kappa shape index (κ1) is 14.2. The van der Waals surface area contributed by atoms with Crippen molar-refractivity contribution in [1.82, 2.24) is 4.31 Å². The summed E-state index contributed by atoms with van der Waals surface area (Å²) in [5.41, 5.74) is 2.56. The van der Waals surface area contributed by atoms with Crippen molar-refractivity contribution >= 4 is 10.0 Å². The summed E-state index contributed by atoms with van der Waals surface area (Å²) in [6, 6.07) is 7.08. The summed E-state index contributed by atoms with van der Waals surface area (Å²) in [5, 5.41) is 9.08. The topological polar surface area (TPSA) is 57.6 Å². The highest BCUT2D eigenvalue weighted by molar-refractivity contribution is 7.88. The Balaban J connectivity index is 2.14. The van der Waals surface area contributed by atoms with Gasteiger partial charge in [0, 0.05) is 13.1 Å². The number of hydrogen-bond donors (Lipinski definition) is 1. The van der Waals surface area contributed by atoms with Crippen molar-refractivity contribution < 1.29 is 13.5 Å². The Kier molecular flexibility index (Phi) is 4.39. The van der Waals surface area contributed by atoms with Gasteiger partial charge in [0.2, 0.25) is 10.0 Å². The summed E-state index contributed by atoms with van der Waals surface area (Å²) in [7, 11) is -3.28. The third-order valence-corrected chi connectivity index (χ3v) is 5.01. The monoisotopic (exact) mass is 281 g/mol. The molecule has 0 aliphatic carbocycles. The molecule has 1 heterocycles. The molecule has 1 aliphatic heterocycles. The average Bonchev–Trinajstić information content (AvgIpc) is 2.38. The van der Waals surface area contributed by atoms with Gasteiger partial charge < -0.3 is 5.11 Å². The molecule has 0 amide bonds. The molecule has 19 heavy (non-hydrogen) atoms. The maximum Gasteiger partial charge on any atom is 0.218 e. The fourth-order valence-corrected chi connectivity index (χ4v) is 3.80. The van der Waals surface area contributed by atoms with Gasteiger partial charge in [0.05, 0.1) is 12.4 Å². The molecule has 0 saturated heterocycles. The van der Waals surface area contributed by atoms with Crippen molar-refractivity contribution in [3.05, 3.63) is 47.0 Å². The smallest absolute Gasteiger partial charge is 0.218 e. The first-order valence-electron chi connectivity index (χ1n) is 6.33. The molecule has 0 radical (unpaired) electrons. The van der Waals surface area contributed by atoms with Crippen LogP contribution in [0.25, 0.3) is 0 Å². The summed E-state index contributed by atoms with van der Waals surface area (Å²) >= 11 is 0. The van der Waals surface area contributed by atoms with E-state index in [0.29, 0.717) is 13.1 Å². The van der Waals surface area contributed by atoms with E-state index in [9.17, 15) is 8.42 Å². The molecule has 0 bridgehead atoms. The van der Waals surface area contributed by atoms with Crippen LogP contribution in [0.1, 0.15) is 24.5 Å². The van der Waals surface area contributed by atoms with Gasteiger partial charge in [0.25, 0.3) is 0 Å². The third-order valence-electron chi connectivity index (χ3n) is 3.21. The molecule has 0 atom stereocenters. The number of aliphatic hydroxyl groups excluding tert-OH is 1. The standard InChI is InChI=1S/C14H19NO3S/c1-12-4-3-7-15(9-12)19(17,18)11-14-6-2-5-13(8-14)10-16/h2,4-6,8,16H,3,7,9-11H2,1H3. The van der Waals surface area contributed by atoms with Crippen molar-refractivity contribution in [2.45, 2.75) is 25.7 Å². The second-order valence-electron chi connectivity index (χ2n) is 4.91. The number of rotatable bonds is 4. The van der Waals surface area contributed by atoms with Gasteiger partial charge in [-0.25, -0.2) is 8.42 Å². The van der Waals surface area contributed by atoms with Crippen LogP contribution < -0.4 is 0 Å². The van der Waals surface area contributed by atoms with E-state index in [4.69, 9.17) is 5.11 Å². The molecule has 104 valence electrons. The molecular formula is C14H19NO3S. The van der Waals surface area contributed by atoms with Crippen molar-refractivity contribution in [1.29, 1.82) is 0 Å². The minimum absolute atomic E-state index is 0.00583. The maximum absolute atomic E-state index is 12.3. The van der Waals surface area contributed by atoms with Crippen molar-refractivity contribution in [3.8, 4) is 0 Å². The van der Waals surface area contributed by atoms with E-state index < -0.39 is 10.0 Å². The molecule has 0 unspecified atom stereocenters. The molecule has 5 heteroatoms. The molecule has 1 aliphatic rings. The zero-order valence-electron chi connectivity index (χ0n) is 11.0. The fourth-order valence-electron chi connectivity index (χ4n) is 2.23. The summed E-state index contributed by atoms with van der Waals surface area (Å²) in [6.45, 7) is 2.93. The van der Waals surface area contributed by atoms with Gasteiger partial charge in [-0.05, 0) is 24.5 Å². The van der Waals surface area contributed by atoms with Crippen LogP contribution in [0.5, 0.6) is 0 Å². The van der Waals surface area contributed by atoms with Crippen LogP contribution in [0, 0.1) is 0 Å². The Morgan fingerprint density at radius 1 is 1.32 bits per heavy atom. The van der Waals surface area contributed by atoms with E-state index in [2.05, 4.69) is 6.08 Å². The lowest BCUT2D eigenvalue weighted by Gasteiger charge is -2.25. The quantitative estimate of drug-likeness (QED) is 0.854. The van der Waals surface area contributed by atoms with Crippen LogP contribution in [0.3, 0.4) is 0 Å². The molecule has 2 rings (SSSR count). The lowest BCUT2D eigenvalue weighted by atomic mass is 10.1. The highest BCUT2D eigenvalue weighted by atomic mass is 32.2. The van der Waals surface area contributed by atoms with E-state index in [1.54, 1.807) is 24.3 Å². The van der Waals surface area contributed by atoms with Gasteiger partial charge in [-0.3, -0.25) is 0 Å². The molecule has 0 aromatic heterocycles. The zero-order valence-corrected chi connectivity index (χ0v) is 11.9. The van der Waals surface area contributed by atoms with E-state index in [1.165, 1.54) is 4.31 Å². The Hall–Kier alpha value is -1.17. The highest BCUT2D eigenvalue weighted by Gasteiger charge is 2.24. The first-order chi connectivity index (χ1) is 9.01. The summed E-state index contributed by atoms with van der Waals surface area (Å²) in [5.74, 6) is -0.00583. The molecule has 0 fully saturated rings. The minimum Gasteiger partial charge on any atom is -0.392 e. The second-order valence-corrected chi connectivity index (χ2v) is 6.88. The van der Waals surface area contributed by atoms with E-state index >= 15 is 0 Å². The molecule has 1 aromatic carbocycles. The van der Waals surface area contributed by atoms with Crippen molar-refractivity contribution in [2.24, 2.45) is 0 Å². The van der Waals surface area contributed by atoms with Crippen LogP contribution in [0.2, 0.25) is 0 Å². The van der Waals surface area contributed by atoms with Gasteiger partial charge in [0.15, 0.2) is 0 Å². The Morgan fingerprint density at radius 3 is 2.74 bits per heavy atom. The van der Waals surface area contributed by atoms with Gasteiger partial charge in [-0.2, -0.15) is 4.31 Å². The van der Waals surface area contributed by atoms with Crippen LogP contribution in [0.4, 0.5) is 0 Å². The summed E-state index contributed by atoms with van der Waals surface area (Å²) in [6.07, 6.45) is 2.86. The lowest BCUT2D eigenvalue weighted by Crippen LogP contribution is -2.36. The first-order valence-corrected chi connectivity index (χ1v) is 7.94. The number of benzene rings is 1. The van der Waals surface area contributed by atoms with E-state index in [0.717, 1.165) is 23.1 Å². The number of hydrogen-bond acceptors (Lipinski definition) is 3. The number of nitrogens with zero attached hydrogens (tertiary/aromatic N) is 1. The van der Waals surface area contributed by atoms with Crippen molar-refractivity contribution in [3.63, 3.8) is 0 Å². The maximum atomic E-state index is 12.3. The fraction of sp³-hybridized carbons (Fsp3) is 0.429. The predicted octanol–water partition coefficient (Wildman–Crippen LogP) is 1.66. The summed E-state index contributed by atoms with van der Waals surface area (Å²) < 4.78 is 26.2.